The first-order valence-corrected chi connectivity index (χ1v) is 9.80. The Bertz CT molecular complexity index is 1370. The average molecular weight is 417 g/mol. The van der Waals surface area contributed by atoms with Gasteiger partial charge in [-0.2, -0.15) is 0 Å². The lowest BCUT2D eigenvalue weighted by atomic mass is 10.0. The molecule has 0 aliphatic heterocycles. The maximum atomic E-state index is 14.6. The lowest BCUT2D eigenvalue weighted by Gasteiger charge is -2.14. The summed E-state index contributed by atoms with van der Waals surface area (Å²) in [5, 5.41) is 0.0683. The fraction of sp³-hybridized carbons (Fsp3) is 0. The summed E-state index contributed by atoms with van der Waals surface area (Å²) >= 11 is 0. The lowest BCUT2D eigenvalue weighted by Crippen LogP contribution is -2.07. The number of rotatable bonds is 3. The highest BCUT2D eigenvalue weighted by molar-refractivity contribution is 7.91. The van der Waals surface area contributed by atoms with Gasteiger partial charge in [-0.25, -0.2) is 26.0 Å². The number of halogens is 4. The fourth-order valence-electron chi connectivity index (χ4n) is 3.06. The Morgan fingerprint density at radius 1 is 0.759 bits per heavy atom. The highest BCUT2D eigenvalue weighted by Crippen LogP contribution is 2.38. The molecule has 0 aliphatic carbocycles. The van der Waals surface area contributed by atoms with Gasteiger partial charge in [0.1, 0.15) is 11.6 Å². The normalized spacial score (nSPS) is 11.7. The number of pyridine rings is 1. The van der Waals surface area contributed by atoms with Crippen LogP contribution in [0.5, 0.6) is 0 Å². The molecule has 0 radical (unpaired) electrons. The number of hydrogen-bond acceptors (Lipinski definition) is 3. The number of nitrogens with zero attached hydrogens (tertiary/aromatic N) is 1. The van der Waals surface area contributed by atoms with E-state index in [1.807, 2.05) is 0 Å². The molecule has 0 unspecified atom stereocenters. The van der Waals surface area contributed by atoms with Crippen LogP contribution < -0.4 is 0 Å². The van der Waals surface area contributed by atoms with Crippen molar-refractivity contribution in [1.82, 2.24) is 4.98 Å². The minimum absolute atomic E-state index is 0.0683. The molecule has 0 amide bonds. The van der Waals surface area contributed by atoms with E-state index < -0.39 is 42.9 Å². The SMILES string of the molecule is O=S(=O)(c1ccc(F)c(F)c1)c1cnc2ccc(F)cc2c1-c1ccccc1F. The largest absolute Gasteiger partial charge is 0.255 e. The molecule has 0 N–H and O–H groups in total. The zero-order valence-electron chi connectivity index (χ0n) is 14.5. The van der Waals surface area contributed by atoms with Crippen molar-refractivity contribution in [2.24, 2.45) is 0 Å². The van der Waals surface area contributed by atoms with Crippen molar-refractivity contribution in [1.29, 1.82) is 0 Å². The Balaban J connectivity index is 2.11. The third kappa shape index (κ3) is 3.25. The molecule has 0 aliphatic rings. The van der Waals surface area contributed by atoms with Crippen LogP contribution in [0.4, 0.5) is 17.6 Å². The van der Waals surface area contributed by atoms with E-state index in [1.165, 1.54) is 24.3 Å². The van der Waals surface area contributed by atoms with E-state index in [4.69, 9.17) is 0 Å². The molecule has 146 valence electrons. The summed E-state index contributed by atoms with van der Waals surface area (Å²) in [7, 11) is -4.44. The molecular formula is C21H11F4NO2S. The molecule has 0 spiro atoms. The molecule has 0 saturated carbocycles. The van der Waals surface area contributed by atoms with Gasteiger partial charge in [0.15, 0.2) is 11.6 Å². The highest BCUT2D eigenvalue weighted by Gasteiger charge is 2.27. The predicted molar refractivity (Wildman–Crippen MR) is 98.9 cm³/mol. The van der Waals surface area contributed by atoms with Crippen LogP contribution in [0.2, 0.25) is 0 Å². The van der Waals surface area contributed by atoms with Gasteiger partial charge in [-0.05, 0) is 42.5 Å². The van der Waals surface area contributed by atoms with Gasteiger partial charge < -0.3 is 0 Å². The second-order valence-electron chi connectivity index (χ2n) is 6.22. The second kappa shape index (κ2) is 6.97. The van der Waals surface area contributed by atoms with Crippen molar-refractivity contribution in [2.75, 3.05) is 0 Å². The van der Waals surface area contributed by atoms with Gasteiger partial charge in [-0.1, -0.05) is 18.2 Å². The molecular weight excluding hydrogens is 406 g/mol. The Kier molecular flexibility index (Phi) is 4.58. The van der Waals surface area contributed by atoms with Crippen LogP contribution in [0.3, 0.4) is 0 Å². The zero-order valence-corrected chi connectivity index (χ0v) is 15.4. The van der Waals surface area contributed by atoms with Crippen LogP contribution in [-0.4, -0.2) is 13.4 Å². The minimum Gasteiger partial charge on any atom is -0.255 e. The molecule has 8 heteroatoms. The summed E-state index contributed by atoms with van der Waals surface area (Å²) < 4.78 is 81.8. The van der Waals surface area contributed by atoms with E-state index in [-0.39, 0.29) is 22.0 Å². The topological polar surface area (TPSA) is 47.0 Å². The molecule has 0 saturated heterocycles. The van der Waals surface area contributed by atoms with Crippen LogP contribution in [-0.2, 0) is 9.84 Å². The summed E-state index contributed by atoms with van der Waals surface area (Å²) in [4.78, 5) is 3.05. The average Bonchev–Trinajstić information content (AvgIpc) is 2.69. The first kappa shape index (κ1) is 19.1. The molecule has 3 aromatic carbocycles. The Morgan fingerprint density at radius 3 is 2.24 bits per heavy atom. The van der Waals surface area contributed by atoms with Gasteiger partial charge >= 0.3 is 0 Å². The van der Waals surface area contributed by atoms with Gasteiger partial charge in [0.2, 0.25) is 9.84 Å². The van der Waals surface area contributed by atoms with E-state index in [9.17, 15) is 26.0 Å². The molecule has 29 heavy (non-hydrogen) atoms. The second-order valence-corrected chi connectivity index (χ2v) is 8.14. The smallest absolute Gasteiger partial charge is 0.208 e. The number of sulfone groups is 1. The van der Waals surface area contributed by atoms with Crippen LogP contribution in [0.15, 0.2) is 76.7 Å². The van der Waals surface area contributed by atoms with Crippen molar-refractivity contribution in [3.05, 3.63) is 90.1 Å². The summed E-state index contributed by atoms with van der Waals surface area (Å²) in [6.45, 7) is 0. The maximum absolute atomic E-state index is 14.6. The molecule has 0 fully saturated rings. The van der Waals surface area contributed by atoms with Gasteiger partial charge in [0.25, 0.3) is 0 Å². The van der Waals surface area contributed by atoms with Crippen LogP contribution in [0, 0.1) is 23.3 Å². The quantitative estimate of drug-likeness (QED) is 0.336. The van der Waals surface area contributed by atoms with E-state index in [0.717, 1.165) is 30.5 Å². The fourth-order valence-corrected chi connectivity index (χ4v) is 4.50. The Morgan fingerprint density at radius 2 is 1.52 bits per heavy atom. The van der Waals surface area contributed by atoms with E-state index >= 15 is 0 Å². The summed E-state index contributed by atoms with van der Waals surface area (Å²) in [6.07, 6.45) is 0.999. The summed E-state index contributed by atoms with van der Waals surface area (Å²) in [5.41, 5.74) is 0.0397. The monoisotopic (exact) mass is 417 g/mol. The van der Waals surface area contributed by atoms with Crippen molar-refractivity contribution >= 4 is 20.7 Å². The first-order valence-electron chi connectivity index (χ1n) is 8.32. The molecule has 4 aromatic rings. The number of benzene rings is 3. The molecule has 1 heterocycles. The van der Waals surface area contributed by atoms with Gasteiger partial charge in [0.05, 0.1) is 15.3 Å². The zero-order chi connectivity index (χ0) is 20.8. The van der Waals surface area contributed by atoms with Crippen molar-refractivity contribution in [3.8, 4) is 11.1 Å². The third-order valence-electron chi connectivity index (χ3n) is 4.43. The van der Waals surface area contributed by atoms with Crippen molar-refractivity contribution in [2.45, 2.75) is 9.79 Å². The predicted octanol–water partition coefficient (Wildman–Crippen LogP) is 5.29. The van der Waals surface area contributed by atoms with Gasteiger partial charge in [0, 0.05) is 22.7 Å². The number of hydrogen-bond donors (Lipinski definition) is 0. The molecule has 4 rings (SSSR count). The van der Waals surface area contributed by atoms with Crippen LogP contribution in [0.25, 0.3) is 22.0 Å². The highest BCUT2D eigenvalue weighted by atomic mass is 32.2. The van der Waals surface area contributed by atoms with Gasteiger partial charge in [-0.15, -0.1) is 0 Å². The van der Waals surface area contributed by atoms with Crippen molar-refractivity contribution < 1.29 is 26.0 Å². The Hall–Kier alpha value is -3.26. The van der Waals surface area contributed by atoms with Crippen LogP contribution in [0.1, 0.15) is 0 Å². The molecule has 3 nitrogen and oxygen atoms in total. The van der Waals surface area contributed by atoms with E-state index in [0.29, 0.717) is 12.1 Å². The minimum atomic E-state index is -4.44. The number of aromatic nitrogens is 1. The van der Waals surface area contributed by atoms with E-state index in [2.05, 4.69) is 4.98 Å². The first-order chi connectivity index (χ1) is 13.8. The summed E-state index contributed by atoms with van der Waals surface area (Å²) in [5.74, 6) is -3.96. The molecule has 0 atom stereocenters. The standard InChI is InChI=1S/C21H11F4NO2S/c22-12-5-8-19-15(9-12)21(14-3-1-2-4-16(14)23)20(11-26-19)29(27,28)13-6-7-17(24)18(25)10-13/h1-11H. The maximum Gasteiger partial charge on any atom is 0.208 e. The Labute approximate surface area is 163 Å². The van der Waals surface area contributed by atoms with Crippen LogP contribution >= 0.6 is 0 Å². The number of fused-ring (bicyclic) bond motifs is 1. The third-order valence-corrected chi connectivity index (χ3v) is 6.19. The molecule has 0 bridgehead atoms. The lowest BCUT2D eigenvalue weighted by molar-refractivity contribution is 0.504. The van der Waals surface area contributed by atoms with E-state index in [1.54, 1.807) is 0 Å². The van der Waals surface area contributed by atoms with Crippen molar-refractivity contribution in [3.63, 3.8) is 0 Å². The summed E-state index contributed by atoms with van der Waals surface area (Å²) in [6, 6.07) is 11.0. The molecule has 1 aromatic heterocycles. The van der Waals surface area contributed by atoms with Gasteiger partial charge in [-0.3, -0.25) is 4.98 Å².